The first-order chi connectivity index (χ1) is 9.29. The van der Waals surface area contributed by atoms with E-state index in [1.165, 1.54) is 19.3 Å². The second-order valence-electron chi connectivity index (χ2n) is 5.31. The average molecular weight is 260 g/mol. The SMILES string of the molecule is CCNc1ncc2c(n1)CN(C1CCCCC1)C2=O. The Kier molecular flexibility index (Phi) is 3.36. The monoisotopic (exact) mass is 260 g/mol. The lowest BCUT2D eigenvalue weighted by molar-refractivity contribution is 0.0659. The summed E-state index contributed by atoms with van der Waals surface area (Å²) >= 11 is 0. The number of amides is 1. The molecule has 0 aromatic carbocycles. The fourth-order valence-electron chi connectivity index (χ4n) is 3.04. The second-order valence-corrected chi connectivity index (χ2v) is 5.31. The predicted octanol–water partition coefficient (Wildman–Crippen LogP) is 2.20. The molecule has 5 nitrogen and oxygen atoms in total. The second kappa shape index (κ2) is 5.15. The summed E-state index contributed by atoms with van der Waals surface area (Å²) in [5.41, 5.74) is 1.56. The molecule has 2 aliphatic rings. The maximum atomic E-state index is 12.4. The highest BCUT2D eigenvalue weighted by Gasteiger charge is 2.34. The lowest BCUT2D eigenvalue weighted by Gasteiger charge is -2.30. The third-order valence-electron chi connectivity index (χ3n) is 4.03. The summed E-state index contributed by atoms with van der Waals surface area (Å²) in [7, 11) is 0. The Bertz CT molecular complexity index is 482. The van der Waals surface area contributed by atoms with Gasteiger partial charge in [-0.05, 0) is 19.8 Å². The summed E-state index contributed by atoms with van der Waals surface area (Å²) < 4.78 is 0. The minimum absolute atomic E-state index is 0.116. The number of nitrogens with one attached hydrogen (secondary N) is 1. The van der Waals surface area contributed by atoms with Crippen LogP contribution in [0.4, 0.5) is 5.95 Å². The van der Waals surface area contributed by atoms with E-state index in [2.05, 4.69) is 15.3 Å². The smallest absolute Gasteiger partial charge is 0.257 e. The Morgan fingerprint density at radius 1 is 1.37 bits per heavy atom. The van der Waals surface area contributed by atoms with Crippen LogP contribution >= 0.6 is 0 Å². The van der Waals surface area contributed by atoms with Gasteiger partial charge in [0, 0.05) is 18.8 Å². The van der Waals surface area contributed by atoms with Gasteiger partial charge in [0.1, 0.15) is 0 Å². The molecule has 2 heterocycles. The molecule has 0 unspecified atom stereocenters. The van der Waals surface area contributed by atoms with Crippen molar-refractivity contribution in [3.8, 4) is 0 Å². The van der Waals surface area contributed by atoms with Crippen molar-refractivity contribution in [1.29, 1.82) is 0 Å². The Morgan fingerprint density at radius 2 is 2.16 bits per heavy atom. The van der Waals surface area contributed by atoms with Crippen molar-refractivity contribution in [2.45, 2.75) is 51.6 Å². The first-order valence-electron chi connectivity index (χ1n) is 7.20. The van der Waals surface area contributed by atoms with Crippen LogP contribution < -0.4 is 5.32 Å². The van der Waals surface area contributed by atoms with Gasteiger partial charge in [0.2, 0.25) is 5.95 Å². The highest BCUT2D eigenvalue weighted by Crippen LogP contribution is 2.30. The van der Waals surface area contributed by atoms with E-state index in [0.717, 1.165) is 25.1 Å². The highest BCUT2D eigenvalue weighted by atomic mass is 16.2. The Morgan fingerprint density at radius 3 is 2.89 bits per heavy atom. The number of carbonyl (C=O) groups excluding carboxylic acids is 1. The van der Waals surface area contributed by atoms with Gasteiger partial charge < -0.3 is 10.2 Å². The molecule has 0 atom stereocenters. The highest BCUT2D eigenvalue weighted by molar-refractivity contribution is 5.97. The number of aromatic nitrogens is 2. The van der Waals surface area contributed by atoms with Crippen LogP contribution in [-0.4, -0.2) is 33.4 Å². The van der Waals surface area contributed by atoms with Crippen LogP contribution in [0.5, 0.6) is 0 Å². The van der Waals surface area contributed by atoms with Gasteiger partial charge in [0.15, 0.2) is 0 Å². The minimum Gasteiger partial charge on any atom is -0.354 e. The zero-order chi connectivity index (χ0) is 13.2. The van der Waals surface area contributed by atoms with Gasteiger partial charge in [0.25, 0.3) is 5.91 Å². The number of rotatable bonds is 3. The summed E-state index contributed by atoms with van der Waals surface area (Å²) in [5, 5.41) is 3.09. The molecule has 1 N–H and O–H groups in total. The zero-order valence-electron chi connectivity index (χ0n) is 11.4. The number of anilines is 1. The average Bonchev–Trinajstić information content (AvgIpc) is 2.77. The van der Waals surface area contributed by atoms with Gasteiger partial charge in [-0.2, -0.15) is 0 Å². The van der Waals surface area contributed by atoms with Gasteiger partial charge in [-0.15, -0.1) is 0 Å². The van der Waals surface area contributed by atoms with E-state index >= 15 is 0 Å². The molecule has 0 saturated heterocycles. The molecule has 1 aromatic heterocycles. The van der Waals surface area contributed by atoms with Crippen LogP contribution in [0.25, 0.3) is 0 Å². The Hall–Kier alpha value is -1.65. The first kappa shape index (κ1) is 12.4. The Labute approximate surface area is 113 Å². The third-order valence-corrected chi connectivity index (χ3v) is 4.03. The molecule has 0 spiro atoms. The largest absolute Gasteiger partial charge is 0.354 e. The van der Waals surface area contributed by atoms with Crippen LogP contribution in [0.1, 0.15) is 55.1 Å². The van der Waals surface area contributed by atoms with Gasteiger partial charge in [-0.25, -0.2) is 9.97 Å². The van der Waals surface area contributed by atoms with E-state index in [-0.39, 0.29) is 5.91 Å². The molecule has 1 amide bonds. The van der Waals surface area contributed by atoms with E-state index in [9.17, 15) is 4.79 Å². The molecule has 0 bridgehead atoms. The van der Waals surface area contributed by atoms with Gasteiger partial charge in [-0.1, -0.05) is 19.3 Å². The standard InChI is InChI=1S/C14H20N4O/c1-2-15-14-16-8-11-12(17-14)9-18(13(11)19)10-6-4-3-5-7-10/h8,10H,2-7,9H2,1H3,(H,15,16,17). The summed E-state index contributed by atoms with van der Waals surface area (Å²) in [6, 6.07) is 0.401. The van der Waals surface area contributed by atoms with E-state index in [1.54, 1.807) is 6.20 Å². The molecule has 0 radical (unpaired) electrons. The maximum Gasteiger partial charge on any atom is 0.257 e. The summed E-state index contributed by atoms with van der Waals surface area (Å²) in [5.74, 6) is 0.740. The molecule has 1 saturated carbocycles. The summed E-state index contributed by atoms with van der Waals surface area (Å²) in [6.45, 7) is 3.45. The molecule has 5 heteroatoms. The van der Waals surface area contributed by atoms with E-state index < -0.39 is 0 Å². The van der Waals surface area contributed by atoms with E-state index in [0.29, 0.717) is 24.1 Å². The third kappa shape index (κ3) is 2.29. The minimum atomic E-state index is 0.116. The van der Waals surface area contributed by atoms with Crippen LogP contribution in [0.15, 0.2) is 6.20 Å². The number of carbonyl (C=O) groups is 1. The van der Waals surface area contributed by atoms with Gasteiger partial charge in [-0.3, -0.25) is 4.79 Å². The quantitative estimate of drug-likeness (QED) is 0.905. The van der Waals surface area contributed by atoms with Crippen molar-refractivity contribution in [3.63, 3.8) is 0 Å². The normalized spacial score (nSPS) is 19.6. The van der Waals surface area contributed by atoms with Crippen molar-refractivity contribution in [1.82, 2.24) is 14.9 Å². The van der Waals surface area contributed by atoms with Crippen LogP contribution in [-0.2, 0) is 6.54 Å². The molecule has 3 rings (SSSR count). The van der Waals surface area contributed by atoms with Gasteiger partial charge >= 0.3 is 0 Å². The molecule has 102 valence electrons. The lowest BCUT2D eigenvalue weighted by Crippen LogP contribution is -2.36. The fraction of sp³-hybridized carbons (Fsp3) is 0.643. The molecule has 1 fully saturated rings. The number of fused-ring (bicyclic) bond motifs is 1. The topological polar surface area (TPSA) is 58.1 Å². The van der Waals surface area contributed by atoms with Crippen molar-refractivity contribution in [2.75, 3.05) is 11.9 Å². The van der Waals surface area contributed by atoms with E-state index in [4.69, 9.17) is 0 Å². The number of nitrogens with zero attached hydrogens (tertiary/aromatic N) is 3. The molecular formula is C14H20N4O. The van der Waals surface area contributed by atoms with Crippen molar-refractivity contribution in [2.24, 2.45) is 0 Å². The molecule has 1 aliphatic carbocycles. The fourth-order valence-corrected chi connectivity index (χ4v) is 3.04. The number of hydrogen-bond acceptors (Lipinski definition) is 4. The molecule has 1 aromatic rings. The zero-order valence-corrected chi connectivity index (χ0v) is 11.4. The van der Waals surface area contributed by atoms with Crippen LogP contribution in [0, 0.1) is 0 Å². The van der Waals surface area contributed by atoms with Crippen molar-refractivity contribution >= 4 is 11.9 Å². The van der Waals surface area contributed by atoms with Crippen molar-refractivity contribution < 1.29 is 4.79 Å². The summed E-state index contributed by atoms with van der Waals surface area (Å²) in [6.07, 6.45) is 7.71. The van der Waals surface area contributed by atoms with E-state index in [1.807, 2.05) is 11.8 Å². The first-order valence-corrected chi connectivity index (χ1v) is 7.20. The molecule has 19 heavy (non-hydrogen) atoms. The number of hydrogen-bond donors (Lipinski definition) is 1. The van der Waals surface area contributed by atoms with Crippen molar-refractivity contribution in [3.05, 3.63) is 17.5 Å². The predicted molar refractivity (Wildman–Crippen MR) is 72.9 cm³/mol. The Balaban J connectivity index is 1.80. The maximum absolute atomic E-state index is 12.4. The lowest BCUT2D eigenvalue weighted by atomic mass is 9.94. The summed E-state index contributed by atoms with van der Waals surface area (Å²) in [4.78, 5) is 23.0. The molecular weight excluding hydrogens is 240 g/mol. The van der Waals surface area contributed by atoms with Gasteiger partial charge in [0.05, 0.1) is 17.8 Å². The van der Waals surface area contributed by atoms with Crippen LogP contribution in [0.2, 0.25) is 0 Å². The molecule has 1 aliphatic heterocycles. The van der Waals surface area contributed by atoms with Crippen LogP contribution in [0.3, 0.4) is 0 Å².